The number of aliphatic hydroxyl groups excluding tert-OH is 1. The molecule has 0 radical (unpaired) electrons. The van der Waals surface area contributed by atoms with Crippen molar-refractivity contribution in [1.29, 1.82) is 5.41 Å². The van der Waals surface area contributed by atoms with Crippen molar-refractivity contribution in [2.24, 2.45) is 5.73 Å². The fourth-order valence-electron chi connectivity index (χ4n) is 2.86. The third-order valence-electron chi connectivity index (χ3n) is 4.59. The van der Waals surface area contributed by atoms with Crippen LogP contribution in [0.25, 0.3) is 0 Å². The van der Waals surface area contributed by atoms with E-state index in [-0.39, 0.29) is 34.4 Å². The number of H-pyrrole nitrogens is 1. The number of hydrogen-bond donors (Lipinski definition) is 5. The number of nitrogen functional groups attached to an aromatic ring is 1. The van der Waals surface area contributed by atoms with Crippen LogP contribution in [0, 0.1) is 5.41 Å². The Morgan fingerprint density at radius 1 is 1.46 bits per heavy atom. The van der Waals surface area contributed by atoms with Gasteiger partial charge in [-0.05, 0) is 18.9 Å². The molecular weight excluding hydrogens is 358 g/mol. The van der Waals surface area contributed by atoms with E-state index in [1.807, 2.05) is 4.90 Å². The lowest BCUT2D eigenvalue weighted by atomic mass is 9.90. The van der Waals surface area contributed by atoms with Crippen molar-refractivity contribution in [2.45, 2.75) is 18.4 Å². The number of aliphatic hydroxyl groups is 1. The Labute approximate surface area is 154 Å². The standard InChI is InChI=1S/C16H20ClN7O2/c17-11-9(1-4-21-15(11)26)12(18)13-14(19)23-10(7-22-13)24-5-2-16(20,8-25)3-6-24/h1,4,7,18,25H,2-3,5-6,8,20H2,(H2,19,23)(H,21,26). The predicted molar refractivity (Wildman–Crippen MR) is 99.9 cm³/mol. The van der Waals surface area contributed by atoms with Crippen LogP contribution in [0.1, 0.15) is 24.1 Å². The highest BCUT2D eigenvalue weighted by Gasteiger charge is 2.30. The van der Waals surface area contributed by atoms with Gasteiger partial charge >= 0.3 is 0 Å². The molecule has 1 aliphatic rings. The van der Waals surface area contributed by atoms with Crippen LogP contribution in [0.3, 0.4) is 0 Å². The second kappa shape index (κ2) is 7.02. The summed E-state index contributed by atoms with van der Waals surface area (Å²) < 4.78 is 0. The first-order valence-electron chi connectivity index (χ1n) is 8.08. The fraction of sp³-hybridized carbons (Fsp3) is 0.375. The molecule has 0 bridgehead atoms. The largest absolute Gasteiger partial charge is 0.394 e. The van der Waals surface area contributed by atoms with Gasteiger partial charge in [-0.1, -0.05) is 11.6 Å². The van der Waals surface area contributed by atoms with Crippen LogP contribution in [0.2, 0.25) is 5.02 Å². The maximum absolute atomic E-state index is 11.6. The molecule has 1 aliphatic heterocycles. The van der Waals surface area contributed by atoms with Gasteiger partial charge in [-0.3, -0.25) is 10.2 Å². The molecule has 1 saturated heterocycles. The number of nitrogens with two attached hydrogens (primary N) is 2. The number of rotatable bonds is 4. The maximum atomic E-state index is 11.6. The molecule has 138 valence electrons. The third kappa shape index (κ3) is 3.41. The van der Waals surface area contributed by atoms with Crippen LogP contribution < -0.4 is 21.9 Å². The molecule has 0 aromatic carbocycles. The first kappa shape index (κ1) is 18.3. The molecule has 26 heavy (non-hydrogen) atoms. The number of halogens is 1. The molecule has 3 heterocycles. The van der Waals surface area contributed by atoms with E-state index in [4.69, 9.17) is 28.5 Å². The van der Waals surface area contributed by atoms with Crippen LogP contribution in [0.4, 0.5) is 11.6 Å². The lowest BCUT2D eigenvalue weighted by molar-refractivity contribution is 0.170. The molecule has 3 rings (SSSR count). The minimum absolute atomic E-state index is 0.0538. The number of aromatic nitrogens is 3. The second-order valence-corrected chi connectivity index (χ2v) is 6.76. The lowest BCUT2D eigenvalue weighted by Crippen LogP contribution is -2.53. The Balaban J connectivity index is 1.83. The van der Waals surface area contributed by atoms with Gasteiger partial charge in [0.05, 0.1) is 18.5 Å². The van der Waals surface area contributed by atoms with E-state index in [1.165, 1.54) is 18.5 Å². The summed E-state index contributed by atoms with van der Waals surface area (Å²) in [6.45, 7) is 1.20. The maximum Gasteiger partial charge on any atom is 0.267 e. The van der Waals surface area contributed by atoms with Crippen molar-refractivity contribution in [3.8, 4) is 0 Å². The summed E-state index contributed by atoms with van der Waals surface area (Å²) in [5, 5.41) is 17.5. The highest BCUT2D eigenvalue weighted by atomic mass is 35.5. The molecule has 0 spiro atoms. The number of anilines is 2. The summed E-state index contributed by atoms with van der Waals surface area (Å²) in [7, 11) is 0. The van der Waals surface area contributed by atoms with E-state index >= 15 is 0 Å². The van der Waals surface area contributed by atoms with Crippen molar-refractivity contribution < 1.29 is 5.11 Å². The number of pyridine rings is 1. The number of nitrogens with zero attached hydrogens (tertiary/aromatic N) is 3. The normalized spacial score (nSPS) is 16.5. The number of aromatic amines is 1. The summed E-state index contributed by atoms with van der Waals surface area (Å²) in [4.78, 5) is 24.6. The third-order valence-corrected chi connectivity index (χ3v) is 4.97. The fourth-order valence-corrected chi connectivity index (χ4v) is 3.07. The van der Waals surface area contributed by atoms with Gasteiger partial charge in [0.15, 0.2) is 5.82 Å². The van der Waals surface area contributed by atoms with Gasteiger partial charge in [0.25, 0.3) is 5.56 Å². The zero-order valence-corrected chi connectivity index (χ0v) is 14.8. The lowest BCUT2D eigenvalue weighted by Gasteiger charge is -2.38. The SMILES string of the molecule is N=C(c1cc[nH]c(=O)c1Cl)c1ncc(N2CCC(N)(CO)CC2)nc1N. The van der Waals surface area contributed by atoms with Crippen molar-refractivity contribution in [3.63, 3.8) is 0 Å². The molecule has 0 atom stereocenters. The summed E-state index contributed by atoms with van der Waals surface area (Å²) in [6.07, 6.45) is 4.20. The van der Waals surface area contributed by atoms with Crippen LogP contribution in [0.15, 0.2) is 23.3 Å². The Morgan fingerprint density at radius 2 is 2.15 bits per heavy atom. The van der Waals surface area contributed by atoms with Gasteiger partial charge in [0.1, 0.15) is 16.5 Å². The Morgan fingerprint density at radius 3 is 2.77 bits per heavy atom. The zero-order chi connectivity index (χ0) is 18.9. The average molecular weight is 378 g/mol. The molecule has 0 aliphatic carbocycles. The molecule has 9 nitrogen and oxygen atoms in total. The van der Waals surface area contributed by atoms with Crippen LogP contribution >= 0.6 is 11.6 Å². The topological polar surface area (TPSA) is 158 Å². The minimum atomic E-state index is -0.561. The van der Waals surface area contributed by atoms with E-state index in [1.54, 1.807) is 0 Å². The molecule has 2 aromatic heterocycles. The van der Waals surface area contributed by atoms with Gasteiger partial charge in [-0.25, -0.2) is 9.97 Å². The smallest absolute Gasteiger partial charge is 0.267 e. The van der Waals surface area contributed by atoms with E-state index < -0.39 is 11.1 Å². The monoisotopic (exact) mass is 377 g/mol. The van der Waals surface area contributed by atoms with Crippen LogP contribution in [0.5, 0.6) is 0 Å². The second-order valence-electron chi connectivity index (χ2n) is 6.38. The van der Waals surface area contributed by atoms with Crippen molar-refractivity contribution in [2.75, 3.05) is 30.3 Å². The summed E-state index contributed by atoms with van der Waals surface area (Å²) in [6, 6.07) is 1.52. The molecule has 1 fully saturated rings. The highest BCUT2D eigenvalue weighted by Crippen LogP contribution is 2.25. The molecule has 0 amide bonds. The molecule has 0 saturated carbocycles. The minimum Gasteiger partial charge on any atom is -0.394 e. The number of hydrogen-bond acceptors (Lipinski definition) is 8. The Bertz CT molecular complexity index is 890. The Hall–Kier alpha value is -2.49. The van der Waals surface area contributed by atoms with E-state index in [0.717, 1.165) is 0 Å². The van der Waals surface area contributed by atoms with Crippen molar-refractivity contribution >= 4 is 28.9 Å². The van der Waals surface area contributed by atoms with Gasteiger partial charge in [0, 0.05) is 30.4 Å². The van der Waals surface area contributed by atoms with E-state index in [9.17, 15) is 9.90 Å². The van der Waals surface area contributed by atoms with E-state index in [2.05, 4.69) is 15.0 Å². The highest BCUT2D eigenvalue weighted by molar-refractivity contribution is 6.35. The average Bonchev–Trinajstić information content (AvgIpc) is 2.64. The quantitative estimate of drug-likeness (QED) is 0.473. The molecule has 7 N–H and O–H groups in total. The van der Waals surface area contributed by atoms with Crippen LogP contribution in [-0.2, 0) is 0 Å². The summed E-state index contributed by atoms with van der Waals surface area (Å²) in [5.74, 6) is 0.659. The van der Waals surface area contributed by atoms with Crippen molar-refractivity contribution in [1.82, 2.24) is 15.0 Å². The van der Waals surface area contributed by atoms with Gasteiger partial charge < -0.3 is 26.5 Å². The van der Waals surface area contributed by atoms with Crippen LogP contribution in [-0.4, -0.2) is 51.0 Å². The van der Waals surface area contributed by atoms with Gasteiger partial charge in [-0.15, -0.1) is 0 Å². The molecule has 10 heteroatoms. The Kier molecular flexibility index (Phi) is 4.94. The molecule has 2 aromatic rings. The van der Waals surface area contributed by atoms with Gasteiger partial charge in [-0.2, -0.15) is 0 Å². The number of piperidine rings is 1. The summed E-state index contributed by atoms with van der Waals surface area (Å²) >= 11 is 5.97. The van der Waals surface area contributed by atoms with E-state index in [0.29, 0.717) is 31.7 Å². The predicted octanol–water partition coefficient (Wildman–Crippen LogP) is 0.107. The van der Waals surface area contributed by atoms with Crippen molar-refractivity contribution in [3.05, 3.63) is 45.1 Å². The molecular formula is C16H20ClN7O2. The van der Waals surface area contributed by atoms with Gasteiger partial charge in [0.2, 0.25) is 0 Å². The number of nitrogens with one attached hydrogen (secondary N) is 2. The first-order chi connectivity index (χ1) is 12.3. The first-order valence-corrected chi connectivity index (χ1v) is 8.46. The zero-order valence-electron chi connectivity index (χ0n) is 14.0. The molecule has 0 unspecified atom stereocenters. The summed E-state index contributed by atoms with van der Waals surface area (Å²) in [5.41, 5.74) is 11.3.